The molecule has 1 saturated heterocycles. The average molecular weight is 812 g/mol. The maximum Gasteiger partial charge on any atom is 0.511 e. The maximum absolute atomic E-state index is 13.3. The van der Waals surface area contributed by atoms with Gasteiger partial charge in [0.25, 0.3) is 0 Å². The summed E-state index contributed by atoms with van der Waals surface area (Å²) in [5.74, 6) is -0.0834. The fraction of sp³-hybridized carbons (Fsp3) is 0.421. The van der Waals surface area contributed by atoms with Gasteiger partial charge in [0, 0.05) is 59.3 Å². The predicted molar refractivity (Wildman–Crippen MR) is 205 cm³/mol. The van der Waals surface area contributed by atoms with Crippen molar-refractivity contribution in [1.82, 2.24) is 9.29 Å². The van der Waals surface area contributed by atoms with E-state index in [0.29, 0.717) is 66.3 Å². The molecule has 54 heavy (non-hydrogen) atoms. The van der Waals surface area contributed by atoms with E-state index in [1.807, 2.05) is 20.8 Å². The van der Waals surface area contributed by atoms with Crippen LogP contribution in [0, 0.1) is 0 Å². The van der Waals surface area contributed by atoms with Crippen LogP contribution in [0.3, 0.4) is 0 Å². The summed E-state index contributed by atoms with van der Waals surface area (Å²) in [6.45, 7) is 7.24. The summed E-state index contributed by atoms with van der Waals surface area (Å²) in [6.07, 6.45) is 0.769. The number of carbonyl (C=O) groups is 1. The van der Waals surface area contributed by atoms with E-state index < -0.39 is 32.8 Å². The largest absolute Gasteiger partial charge is 0.511 e. The van der Waals surface area contributed by atoms with Gasteiger partial charge in [0.15, 0.2) is 0 Å². The number of piperidine rings is 1. The number of sulfonamides is 1. The first kappa shape index (κ1) is 41.3. The molecule has 1 aliphatic heterocycles. The van der Waals surface area contributed by atoms with E-state index in [1.54, 1.807) is 73.7 Å². The lowest BCUT2D eigenvalue weighted by Gasteiger charge is -2.33. The molecule has 10 nitrogen and oxygen atoms in total. The van der Waals surface area contributed by atoms with Crippen molar-refractivity contribution in [2.75, 3.05) is 36.9 Å². The number of rotatable bonds is 13. The predicted octanol–water partition coefficient (Wildman–Crippen LogP) is 8.48. The van der Waals surface area contributed by atoms with Crippen molar-refractivity contribution in [1.29, 1.82) is 0 Å². The second-order valence-electron chi connectivity index (χ2n) is 14.0. The van der Waals surface area contributed by atoms with Crippen LogP contribution in [0.25, 0.3) is 10.9 Å². The van der Waals surface area contributed by atoms with Gasteiger partial charge in [0.2, 0.25) is 5.88 Å². The van der Waals surface area contributed by atoms with E-state index in [2.05, 4.69) is 10.6 Å². The third-order valence-corrected chi connectivity index (χ3v) is 11.0. The third kappa shape index (κ3) is 9.51. The first-order valence-corrected chi connectivity index (χ1v) is 19.7. The SMILES string of the molecule is CCOC(=O)CCCNc1cc(C(O)(c2ccc(Cl)cc2)c2ccc(Cl)cc2)cc2c(NC3CCN(S(=O)(=O)C(F)(F)F)CC3)cc(OC(C)(C)C)nc12. The van der Waals surface area contributed by atoms with Crippen LogP contribution in [-0.4, -0.2) is 72.2 Å². The van der Waals surface area contributed by atoms with Gasteiger partial charge >= 0.3 is 21.5 Å². The molecular formula is C38H43Cl2F3N4O6S. The zero-order valence-corrected chi connectivity index (χ0v) is 32.6. The number of esters is 1. The van der Waals surface area contributed by atoms with E-state index in [9.17, 15) is 31.5 Å². The Labute approximate surface area is 323 Å². The molecule has 1 aromatic heterocycles. The Balaban J connectivity index is 1.66. The number of nitrogens with one attached hydrogen (secondary N) is 2. The topological polar surface area (TPSA) is 130 Å². The molecule has 3 aromatic carbocycles. The van der Waals surface area contributed by atoms with Gasteiger partial charge in [-0.2, -0.15) is 17.5 Å². The monoisotopic (exact) mass is 810 g/mol. The molecule has 0 unspecified atom stereocenters. The quantitative estimate of drug-likeness (QED) is 0.0692. The molecule has 0 atom stereocenters. The Morgan fingerprint density at radius 3 is 2.02 bits per heavy atom. The summed E-state index contributed by atoms with van der Waals surface area (Å²) in [6, 6.07) is 18.4. The van der Waals surface area contributed by atoms with Crippen molar-refractivity contribution in [2.24, 2.45) is 0 Å². The van der Waals surface area contributed by atoms with Crippen LogP contribution in [0.15, 0.2) is 66.7 Å². The van der Waals surface area contributed by atoms with Gasteiger partial charge in [-0.05, 0) is 100 Å². The fourth-order valence-corrected chi connectivity index (χ4v) is 7.55. The van der Waals surface area contributed by atoms with Crippen molar-refractivity contribution < 1.29 is 41.0 Å². The number of aromatic nitrogens is 1. The Morgan fingerprint density at radius 2 is 1.50 bits per heavy atom. The smallest absolute Gasteiger partial charge is 0.472 e. The first-order valence-electron chi connectivity index (χ1n) is 17.5. The number of alkyl halides is 3. The summed E-state index contributed by atoms with van der Waals surface area (Å²) in [7, 11) is -5.47. The van der Waals surface area contributed by atoms with Gasteiger partial charge < -0.3 is 25.2 Å². The first-order chi connectivity index (χ1) is 25.3. The standard InChI is InChI=1S/C38H43Cl2F3N4O6S/c1-5-52-34(48)7-6-18-44-32-22-26(37(49,24-8-12-27(39)13-9-24)25-10-14-28(40)15-11-25)21-30-31(23-33(46-35(30)32)53-36(2,3)4)45-29-16-19-47(20-17-29)54(50,51)38(41,42)43/h8-15,21-23,29,44,49H,5-7,16-20H2,1-4H3,(H,45,46). The number of halogens is 5. The van der Waals surface area contributed by atoms with E-state index >= 15 is 0 Å². The molecule has 0 saturated carbocycles. The zero-order valence-electron chi connectivity index (χ0n) is 30.3. The highest BCUT2D eigenvalue weighted by Crippen LogP contribution is 2.43. The number of anilines is 2. The highest BCUT2D eigenvalue weighted by molar-refractivity contribution is 7.90. The number of hydrogen-bond donors (Lipinski definition) is 3. The third-order valence-electron chi connectivity index (χ3n) is 8.87. The molecule has 1 fully saturated rings. The number of aliphatic hydroxyl groups is 1. The Bertz CT molecular complexity index is 2010. The molecule has 0 bridgehead atoms. The second-order valence-corrected chi connectivity index (χ2v) is 16.8. The van der Waals surface area contributed by atoms with E-state index in [0.717, 1.165) is 0 Å². The second kappa shape index (κ2) is 16.5. The highest BCUT2D eigenvalue weighted by atomic mass is 35.5. The Kier molecular flexibility index (Phi) is 12.6. The van der Waals surface area contributed by atoms with E-state index in [1.165, 1.54) is 0 Å². The van der Waals surface area contributed by atoms with Gasteiger partial charge in [-0.3, -0.25) is 4.79 Å². The lowest BCUT2D eigenvalue weighted by Crippen LogP contribution is -2.47. The number of nitrogens with zero attached hydrogens (tertiary/aromatic N) is 2. The van der Waals surface area contributed by atoms with Gasteiger partial charge in [-0.1, -0.05) is 47.5 Å². The van der Waals surface area contributed by atoms with Gasteiger partial charge in [-0.15, -0.1) is 0 Å². The van der Waals surface area contributed by atoms with Crippen LogP contribution in [0.1, 0.15) is 70.1 Å². The number of hydrogen-bond acceptors (Lipinski definition) is 9. The number of carbonyl (C=O) groups excluding carboxylic acids is 1. The zero-order chi connectivity index (χ0) is 39.5. The van der Waals surface area contributed by atoms with Crippen LogP contribution in [0.2, 0.25) is 10.0 Å². The molecule has 3 N–H and O–H groups in total. The minimum absolute atomic E-state index is 0.0900. The molecule has 0 amide bonds. The van der Waals surface area contributed by atoms with Crippen molar-refractivity contribution in [2.45, 2.75) is 76.1 Å². The molecule has 1 aliphatic rings. The molecule has 0 radical (unpaired) electrons. The van der Waals surface area contributed by atoms with Crippen LogP contribution in [0.5, 0.6) is 5.88 Å². The summed E-state index contributed by atoms with van der Waals surface area (Å²) in [5, 5.41) is 21.2. The highest BCUT2D eigenvalue weighted by Gasteiger charge is 2.50. The average Bonchev–Trinajstić information content (AvgIpc) is 3.09. The number of benzene rings is 3. The maximum atomic E-state index is 13.3. The number of fused-ring (bicyclic) bond motifs is 1. The van der Waals surface area contributed by atoms with Gasteiger partial charge in [-0.25, -0.2) is 13.4 Å². The molecule has 0 aliphatic carbocycles. The minimum atomic E-state index is -5.47. The molecule has 5 rings (SSSR count). The molecule has 16 heteroatoms. The minimum Gasteiger partial charge on any atom is -0.472 e. The van der Waals surface area contributed by atoms with E-state index in [-0.39, 0.29) is 50.8 Å². The van der Waals surface area contributed by atoms with Crippen LogP contribution in [0.4, 0.5) is 24.5 Å². The Hall–Kier alpha value is -3.82. The molecule has 0 spiro atoms. The van der Waals surface area contributed by atoms with Gasteiger partial charge in [0.1, 0.15) is 11.2 Å². The van der Waals surface area contributed by atoms with Crippen molar-refractivity contribution >= 4 is 61.5 Å². The fourth-order valence-electron chi connectivity index (χ4n) is 6.31. The van der Waals surface area contributed by atoms with Gasteiger partial charge in [0.05, 0.1) is 17.8 Å². The molecule has 4 aromatic rings. The summed E-state index contributed by atoms with van der Waals surface area (Å²) in [4.78, 5) is 17.0. The Morgan fingerprint density at radius 1 is 0.926 bits per heavy atom. The number of pyridine rings is 1. The van der Waals surface area contributed by atoms with Crippen molar-refractivity contribution in [3.8, 4) is 5.88 Å². The van der Waals surface area contributed by atoms with Crippen LogP contribution >= 0.6 is 23.2 Å². The van der Waals surface area contributed by atoms with Crippen molar-refractivity contribution in [3.05, 3.63) is 93.5 Å². The van der Waals surface area contributed by atoms with Crippen LogP contribution < -0.4 is 15.4 Å². The normalized spacial score (nSPS) is 14.9. The molecular weight excluding hydrogens is 768 g/mol. The summed E-state index contributed by atoms with van der Waals surface area (Å²) in [5.41, 5.74) is -4.95. The lowest BCUT2D eigenvalue weighted by molar-refractivity contribution is -0.143. The number of ether oxygens (including phenoxy) is 2. The van der Waals surface area contributed by atoms with Crippen molar-refractivity contribution in [3.63, 3.8) is 0 Å². The molecule has 292 valence electrons. The summed E-state index contributed by atoms with van der Waals surface area (Å²) >= 11 is 12.5. The van der Waals surface area contributed by atoms with E-state index in [4.69, 9.17) is 37.7 Å². The summed E-state index contributed by atoms with van der Waals surface area (Å²) < 4.78 is 76.0. The lowest BCUT2D eigenvalue weighted by atomic mass is 9.79. The molecule has 2 heterocycles. The van der Waals surface area contributed by atoms with Crippen LogP contribution in [-0.2, 0) is 25.2 Å².